The first kappa shape index (κ1) is 17.9. The zero-order valence-electron chi connectivity index (χ0n) is 14.2. The summed E-state index contributed by atoms with van der Waals surface area (Å²) in [5.74, 6) is -0.402. The molecule has 0 fully saturated rings. The van der Waals surface area contributed by atoms with Crippen molar-refractivity contribution in [1.82, 2.24) is 5.43 Å². The average Bonchev–Trinajstić information content (AvgIpc) is 2.67. The molecule has 0 aliphatic heterocycles. The summed E-state index contributed by atoms with van der Waals surface area (Å²) in [6.45, 7) is 0. The second-order valence-corrected chi connectivity index (χ2v) is 5.60. The van der Waals surface area contributed by atoms with Gasteiger partial charge >= 0.3 is 0 Å². The van der Waals surface area contributed by atoms with Crippen LogP contribution in [0.3, 0.4) is 0 Å². The number of hydrogen-bond donors (Lipinski definition) is 2. The first-order valence-electron chi connectivity index (χ1n) is 7.87. The molecular weight excluding hydrogens is 350 g/mol. The Morgan fingerprint density at radius 3 is 2.52 bits per heavy atom. The molecule has 0 aromatic heterocycles. The Hall–Kier alpha value is -3.94. The molecule has 0 radical (unpaired) electrons. The lowest BCUT2D eigenvalue weighted by Crippen LogP contribution is -2.18. The van der Waals surface area contributed by atoms with Gasteiger partial charge in [-0.05, 0) is 29.0 Å². The number of rotatable bonds is 5. The summed E-state index contributed by atoms with van der Waals surface area (Å²) in [5, 5.41) is 26.1. The van der Waals surface area contributed by atoms with Crippen molar-refractivity contribution in [1.29, 1.82) is 0 Å². The SMILES string of the molecule is COc1cc2ccccc2cc1C(=O)N/N=C/c1ccc([N+](=O)[O-])cc1O. The van der Waals surface area contributed by atoms with Crippen LogP contribution in [-0.4, -0.2) is 29.3 Å². The molecule has 0 unspecified atom stereocenters. The van der Waals surface area contributed by atoms with Crippen LogP contribution in [-0.2, 0) is 0 Å². The lowest BCUT2D eigenvalue weighted by atomic mass is 10.1. The highest BCUT2D eigenvalue weighted by molar-refractivity contribution is 6.02. The van der Waals surface area contributed by atoms with Crippen LogP contribution in [0.15, 0.2) is 59.7 Å². The van der Waals surface area contributed by atoms with E-state index in [1.165, 1.54) is 25.5 Å². The van der Waals surface area contributed by atoms with E-state index < -0.39 is 10.8 Å². The van der Waals surface area contributed by atoms with Crippen LogP contribution in [0.25, 0.3) is 10.8 Å². The molecule has 0 aliphatic carbocycles. The number of nitro benzene ring substituents is 1. The van der Waals surface area contributed by atoms with E-state index in [-0.39, 0.29) is 17.0 Å². The Balaban J connectivity index is 1.80. The number of hydrazone groups is 1. The van der Waals surface area contributed by atoms with Gasteiger partial charge in [0, 0.05) is 11.6 Å². The van der Waals surface area contributed by atoms with Crippen LogP contribution in [0.1, 0.15) is 15.9 Å². The van der Waals surface area contributed by atoms with Gasteiger partial charge in [-0.15, -0.1) is 0 Å². The first-order valence-corrected chi connectivity index (χ1v) is 7.87. The number of hydrogen-bond acceptors (Lipinski definition) is 6. The molecule has 3 aromatic rings. The smallest absolute Gasteiger partial charge is 0.275 e. The first-order chi connectivity index (χ1) is 13.0. The number of carbonyl (C=O) groups is 1. The average molecular weight is 365 g/mol. The lowest BCUT2D eigenvalue weighted by Gasteiger charge is -2.09. The molecule has 0 atom stereocenters. The van der Waals surface area contributed by atoms with Crippen LogP contribution in [0.2, 0.25) is 0 Å². The quantitative estimate of drug-likeness (QED) is 0.409. The van der Waals surface area contributed by atoms with Gasteiger partial charge in [0.05, 0.1) is 29.9 Å². The van der Waals surface area contributed by atoms with E-state index >= 15 is 0 Å². The number of non-ortho nitro benzene ring substituents is 1. The number of carbonyl (C=O) groups excluding carboxylic acids is 1. The largest absolute Gasteiger partial charge is 0.507 e. The fraction of sp³-hybridized carbons (Fsp3) is 0.0526. The number of amides is 1. The molecule has 8 nitrogen and oxygen atoms in total. The molecule has 3 aromatic carbocycles. The molecule has 0 bridgehead atoms. The van der Waals surface area contributed by atoms with Crippen molar-refractivity contribution in [2.75, 3.05) is 7.11 Å². The van der Waals surface area contributed by atoms with Crippen molar-refractivity contribution in [3.63, 3.8) is 0 Å². The van der Waals surface area contributed by atoms with Crippen molar-refractivity contribution >= 4 is 28.6 Å². The number of benzene rings is 3. The predicted molar refractivity (Wildman–Crippen MR) is 100 cm³/mol. The van der Waals surface area contributed by atoms with Crippen LogP contribution in [0.4, 0.5) is 5.69 Å². The zero-order chi connectivity index (χ0) is 19.4. The molecule has 0 heterocycles. The van der Waals surface area contributed by atoms with Gasteiger partial charge in [0.25, 0.3) is 11.6 Å². The molecule has 0 saturated heterocycles. The number of nitrogens with one attached hydrogen (secondary N) is 1. The third-order valence-electron chi connectivity index (χ3n) is 3.91. The normalized spacial score (nSPS) is 10.9. The summed E-state index contributed by atoms with van der Waals surface area (Å²) in [7, 11) is 1.47. The topological polar surface area (TPSA) is 114 Å². The Morgan fingerprint density at radius 2 is 1.89 bits per heavy atom. The van der Waals surface area contributed by atoms with Gasteiger partial charge in [-0.2, -0.15) is 5.10 Å². The van der Waals surface area contributed by atoms with Crippen molar-refractivity contribution < 1.29 is 19.6 Å². The number of aromatic hydroxyl groups is 1. The highest BCUT2D eigenvalue weighted by Gasteiger charge is 2.13. The van der Waals surface area contributed by atoms with E-state index in [4.69, 9.17) is 4.74 Å². The van der Waals surface area contributed by atoms with Crippen molar-refractivity contribution in [2.45, 2.75) is 0 Å². The number of nitro groups is 1. The number of phenols is 1. The molecule has 0 aliphatic rings. The third-order valence-corrected chi connectivity index (χ3v) is 3.91. The van der Waals surface area contributed by atoms with Crippen LogP contribution < -0.4 is 10.2 Å². The summed E-state index contributed by atoms with van der Waals surface area (Å²) >= 11 is 0. The molecule has 3 rings (SSSR count). The maximum absolute atomic E-state index is 12.4. The van der Waals surface area contributed by atoms with Gasteiger partial charge in [-0.1, -0.05) is 24.3 Å². The molecule has 2 N–H and O–H groups in total. The number of methoxy groups -OCH3 is 1. The molecule has 136 valence electrons. The van der Waals surface area contributed by atoms with Crippen molar-refractivity contribution in [3.8, 4) is 11.5 Å². The number of phenolic OH excluding ortho intramolecular Hbond substituents is 1. The van der Waals surface area contributed by atoms with E-state index in [0.29, 0.717) is 11.3 Å². The molecular formula is C19H15N3O5. The molecule has 0 saturated carbocycles. The van der Waals surface area contributed by atoms with Crippen LogP contribution in [0, 0.1) is 10.1 Å². The van der Waals surface area contributed by atoms with Gasteiger partial charge in [0.1, 0.15) is 11.5 Å². The fourth-order valence-electron chi connectivity index (χ4n) is 2.54. The second-order valence-electron chi connectivity index (χ2n) is 5.60. The minimum absolute atomic E-state index is 0.228. The van der Waals surface area contributed by atoms with Gasteiger partial charge < -0.3 is 9.84 Å². The summed E-state index contributed by atoms with van der Waals surface area (Å²) < 4.78 is 5.28. The number of fused-ring (bicyclic) bond motifs is 1. The number of nitrogens with zero attached hydrogens (tertiary/aromatic N) is 2. The molecule has 8 heteroatoms. The van der Waals surface area contributed by atoms with Crippen molar-refractivity contribution in [2.24, 2.45) is 5.10 Å². The van der Waals surface area contributed by atoms with E-state index in [0.717, 1.165) is 16.8 Å². The Labute approximate surface area is 153 Å². The van der Waals surface area contributed by atoms with E-state index in [1.54, 1.807) is 12.1 Å². The maximum atomic E-state index is 12.4. The molecule has 0 spiro atoms. The highest BCUT2D eigenvalue weighted by atomic mass is 16.6. The van der Waals surface area contributed by atoms with Gasteiger partial charge in [0.2, 0.25) is 0 Å². The highest BCUT2D eigenvalue weighted by Crippen LogP contribution is 2.26. The van der Waals surface area contributed by atoms with Gasteiger partial charge in [-0.25, -0.2) is 5.43 Å². The summed E-state index contributed by atoms with van der Waals surface area (Å²) in [5.41, 5.74) is 2.65. The Kier molecular flexibility index (Phi) is 4.98. The molecule has 27 heavy (non-hydrogen) atoms. The maximum Gasteiger partial charge on any atom is 0.275 e. The lowest BCUT2D eigenvalue weighted by molar-refractivity contribution is -0.384. The third kappa shape index (κ3) is 3.84. The Morgan fingerprint density at radius 1 is 1.19 bits per heavy atom. The summed E-state index contributed by atoms with van der Waals surface area (Å²) in [6.07, 6.45) is 1.20. The van der Waals surface area contributed by atoms with E-state index in [1.807, 2.05) is 24.3 Å². The standard InChI is InChI=1S/C19H15N3O5/c1-27-18-9-13-5-3-2-4-12(13)8-16(18)19(24)21-20-11-14-6-7-15(22(25)26)10-17(14)23/h2-11,23H,1H3,(H,21,24)/b20-11+. The zero-order valence-corrected chi connectivity index (χ0v) is 14.2. The summed E-state index contributed by atoms with van der Waals surface area (Å²) in [4.78, 5) is 22.5. The van der Waals surface area contributed by atoms with E-state index in [2.05, 4.69) is 10.5 Å². The van der Waals surface area contributed by atoms with Gasteiger partial charge in [0.15, 0.2) is 0 Å². The predicted octanol–water partition coefficient (Wildman–Crippen LogP) is 3.23. The minimum atomic E-state index is -0.617. The summed E-state index contributed by atoms with van der Waals surface area (Å²) in [6, 6.07) is 14.6. The number of ether oxygens (including phenoxy) is 1. The van der Waals surface area contributed by atoms with Crippen LogP contribution in [0.5, 0.6) is 11.5 Å². The van der Waals surface area contributed by atoms with E-state index in [9.17, 15) is 20.0 Å². The second kappa shape index (κ2) is 7.52. The monoisotopic (exact) mass is 365 g/mol. The fourth-order valence-corrected chi connectivity index (χ4v) is 2.54. The minimum Gasteiger partial charge on any atom is -0.507 e. The van der Waals surface area contributed by atoms with Crippen LogP contribution >= 0.6 is 0 Å². The molecule has 1 amide bonds. The van der Waals surface area contributed by atoms with Gasteiger partial charge in [-0.3, -0.25) is 14.9 Å². The van der Waals surface area contributed by atoms with Crippen molar-refractivity contribution in [3.05, 3.63) is 75.8 Å². The Bertz CT molecular complexity index is 1060.